The summed E-state index contributed by atoms with van der Waals surface area (Å²) in [5.41, 5.74) is 3.82. The predicted octanol–water partition coefficient (Wildman–Crippen LogP) is 2.90. The molecule has 0 atom stereocenters. The normalized spacial score (nSPS) is 15.4. The molecule has 1 aromatic carbocycles. The maximum atomic E-state index is 4.26. The lowest BCUT2D eigenvalue weighted by atomic mass is 10.0. The molecule has 16 heavy (non-hydrogen) atoms. The van der Waals surface area contributed by atoms with Crippen LogP contribution in [0.15, 0.2) is 24.5 Å². The third-order valence-corrected chi connectivity index (χ3v) is 3.36. The average molecular weight is 213 g/mol. The fourth-order valence-corrected chi connectivity index (χ4v) is 2.05. The van der Waals surface area contributed by atoms with Crippen molar-refractivity contribution in [2.24, 2.45) is 0 Å². The molecule has 1 saturated carbocycles. The summed E-state index contributed by atoms with van der Waals surface area (Å²) in [7, 11) is 0. The van der Waals surface area contributed by atoms with Gasteiger partial charge in [0.05, 0.1) is 0 Å². The van der Waals surface area contributed by atoms with E-state index in [1.165, 1.54) is 29.5 Å². The smallest absolute Gasteiger partial charge is 0.164 e. The first-order chi connectivity index (χ1) is 7.77. The fourth-order valence-electron chi connectivity index (χ4n) is 2.05. The average Bonchev–Trinajstić information content (AvgIpc) is 3.01. The van der Waals surface area contributed by atoms with Crippen LogP contribution in [0.1, 0.15) is 30.0 Å². The number of benzene rings is 1. The molecule has 3 rings (SSSR count). The number of aryl methyl sites for hydroxylation is 1. The molecule has 0 aliphatic heterocycles. The van der Waals surface area contributed by atoms with Crippen LogP contribution in [0.4, 0.5) is 0 Å². The first-order valence-electron chi connectivity index (χ1n) is 5.73. The molecule has 3 nitrogen and oxygen atoms in total. The Kier molecular flexibility index (Phi) is 2.06. The van der Waals surface area contributed by atoms with Crippen molar-refractivity contribution in [3.05, 3.63) is 35.7 Å². The Morgan fingerprint density at radius 3 is 2.81 bits per heavy atom. The minimum absolute atomic E-state index is 0.630. The summed E-state index contributed by atoms with van der Waals surface area (Å²) in [4.78, 5) is 0. The topological polar surface area (TPSA) is 30.7 Å². The van der Waals surface area contributed by atoms with Crippen LogP contribution in [0.25, 0.3) is 11.4 Å². The molecule has 1 heterocycles. The second-order valence-electron chi connectivity index (χ2n) is 4.54. The molecule has 3 heteroatoms. The first-order valence-corrected chi connectivity index (χ1v) is 5.73. The highest BCUT2D eigenvalue weighted by atomic mass is 15.3. The molecule has 1 aromatic heterocycles. The van der Waals surface area contributed by atoms with Crippen molar-refractivity contribution in [1.29, 1.82) is 0 Å². The Morgan fingerprint density at radius 2 is 2.06 bits per heavy atom. The Bertz CT molecular complexity index is 524. The molecule has 1 aliphatic carbocycles. The minimum atomic E-state index is 0.630. The van der Waals surface area contributed by atoms with Crippen molar-refractivity contribution >= 4 is 0 Å². The number of hydrogen-bond acceptors (Lipinski definition) is 2. The van der Waals surface area contributed by atoms with Crippen LogP contribution in [-0.2, 0) is 0 Å². The summed E-state index contributed by atoms with van der Waals surface area (Å²) in [5.74, 6) is 1.02. The SMILES string of the molecule is Cc1cccc(-c2nncn2C2CC2)c1C. The van der Waals surface area contributed by atoms with Crippen LogP contribution < -0.4 is 0 Å². The van der Waals surface area contributed by atoms with Crippen molar-refractivity contribution in [3.63, 3.8) is 0 Å². The summed E-state index contributed by atoms with van der Waals surface area (Å²) in [5, 5.41) is 8.31. The first kappa shape index (κ1) is 9.58. The summed E-state index contributed by atoms with van der Waals surface area (Å²) in [6, 6.07) is 6.98. The molecule has 1 fully saturated rings. The van der Waals surface area contributed by atoms with E-state index in [1.807, 2.05) is 6.33 Å². The van der Waals surface area contributed by atoms with Crippen LogP contribution >= 0.6 is 0 Å². The van der Waals surface area contributed by atoms with Gasteiger partial charge in [-0.1, -0.05) is 18.2 Å². The van der Waals surface area contributed by atoms with Crippen molar-refractivity contribution in [3.8, 4) is 11.4 Å². The number of aromatic nitrogens is 3. The minimum Gasteiger partial charge on any atom is -0.310 e. The summed E-state index contributed by atoms with van der Waals surface area (Å²) in [6.07, 6.45) is 4.38. The molecule has 0 spiro atoms. The zero-order valence-electron chi connectivity index (χ0n) is 9.64. The molecule has 82 valence electrons. The lowest BCUT2D eigenvalue weighted by Gasteiger charge is -2.09. The highest BCUT2D eigenvalue weighted by molar-refractivity contribution is 5.62. The molecule has 0 unspecified atom stereocenters. The monoisotopic (exact) mass is 213 g/mol. The molecule has 1 aliphatic rings. The summed E-state index contributed by atoms with van der Waals surface area (Å²) < 4.78 is 2.21. The molecule has 0 saturated heterocycles. The molecule has 2 aromatic rings. The van der Waals surface area contributed by atoms with Gasteiger partial charge in [-0.15, -0.1) is 10.2 Å². The standard InChI is InChI=1S/C13H15N3/c1-9-4-3-5-12(10(9)2)13-15-14-8-16(13)11-6-7-11/h3-5,8,11H,6-7H2,1-2H3. The van der Waals surface area contributed by atoms with Crippen molar-refractivity contribution in [2.75, 3.05) is 0 Å². The maximum Gasteiger partial charge on any atom is 0.164 e. The lowest BCUT2D eigenvalue weighted by molar-refractivity contribution is 0.745. The van der Waals surface area contributed by atoms with E-state index in [1.54, 1.807) is 0 Å². The van der Waals surface area contributed by atoms with E-state index < -0.39 is 0 Å². The van der Waals surface area contributed by atoms with E-state index in [0.29, 0.717) is 6.04 Å². The van der Waals surface area contributed by atoms with Gasteiger partial charge in [0.1, 0.15) is 6.33 Å². The Balaban J connectivity index is 2.14. The number of nitrogens with zero attached hydrogens (tertiary/aromatic N) is 3. The van der Waals surface area contributed by atoms with Gasteiger partial charge in [0.2, 0.25) is 0 Å². The molecule has 0 bridgehead atoms. The van der Waals surface area contributed by atoms with Gasteiger partial charge in [-0.25, -0.2) is 0 Å². The van der Waals surface area contributed by atoms with E-state index in [4.69, 9.17) is 0 Å². The second kappa shape index (κ2) is 3.44. The third kappa shape index (κ3) is 1.43. The van der Waals surface area contributed by atoms with Crippen LogP contribution in [0.2, 0.25) is 0 Å². The number of rotatable bonds is 2. The maximum absolute atomic E-state index is 4.26. The highest BCUT2D eigenvalue weighted by Gasteiger charge is 2.26. The Morgan fingerprint density at radius 1 is 1.25 bits per heavy atom. The van der Waals surface area contributed by atoms with E-state index in [2.05, 4.69) is 46.8 Å². The van der Waals surface area contributed by atoms with Gasteiger partial charge in [0.15, 0.2) is 5.82 Å². The van der Waals surface area contributed by atoms with Crippen LogP contribution in [0.5, 0.6) is 0 Å². The Hall–Kier alpha value is -1.64. The summed E-state index contributed by atoms with van der Waals surface area (Å²) >= 11 is 0. The van der Waals surface area contributed by atoms with E-state index in [9.17, 15) is 0 Å². The highest BCUT2D eigenvalue weighted by Crippen LogP contribution is 2.38. The van der Waals surface area contributed by atoms with E-state index >= 15 is 0 Å². The second-order valence-corrected chi connectivity index (χ2v) is 4.54. The fraction of sp³-hybridized carbons (Fsp3) is 0.385. The van der Waals surface area contributed by atoms with E-state index in [-0.39, 0.29) is 0 Å². The molecule has 0 radical (unpaired) electrons. The van der Waals surface area contributed by atoms with Gasteiger partial charge in [-0.2, -0.15) is 0 Å². The van der Waals surface area contributed by atoms with Gasteiger partial charge < -0.3 is 4.57 Å². The van der Waals surface area contributed by atoms with Crippen LogP contribution in [0.3, 0.4) is 0 Å². The van der Waals surface area contributed by atoms with Crippen molar-refractivity contribution in [2.45, 2.75) is 32.7 Å². The van der Waals surface area contributed by atoms with Gasteiger partial charge in [0.25, 0.3) is 0 Å². The van der Waals surface area contributed by atoms with Crippen LogP contribution in [0, 0.1) is 13.8 Å². The number of hydrogen-bond donors (Lipinski definition) is 0. The van der Waals surface area contributed by atoms with E-state index in [0.717, 1.165) is 5.82 Å². The van der Waals surface area contributed by atoms with Crippen LogP contribution in [-0.4, -0.2) is 14.8 Å². The van der Waals surface area contributed by atoms with Crippen molar-refractivity contribution in [1.82, 2.24) is 14.8 Å². The molecule has 0 amide bonds. The largest absolute Gasteiger partial charge is 0.310 e. The summed E-state index contributed by atoms with van der Waals surface area (Å²) in [6.45, 7) is 4.28. The lowest BCUT2D eigenvalue weighted by Crippen LogP contribution is -1.98. The van der Waals surface area contributed by atoms with Gasteiger partial charge >= 0.3 is 0 Å². The van der Waals surface area contributed by atoms with Crippen molar-refractivity contribution < 1.29 is 0 Å². The zero-order chi connectivity index (χ0) is 11.1. The third-order valence-electron chi connectivity index (χ3n) is 3.36. The van der Waals surface area contributed by atoms with Gasteiger partial charge in [0, 0.05) is 11.6 Å². The molecular weight excluding hydrogens is 198 g/mol. The quantitative estimate of drug-likeness (QED) is 0.768. The predicted molar refractivity (Wildman–Crippen MR) is 63.2 cm³/mol. The molecular formula is C13H15N3. The molecule has 0 N–H and O–H groups in total. The Labute approximate surface area is 95.1 Å². The zero-order valence-corrected chi connectivity index (χ0v) is 9.64. The van der Waals surface area contributed by atoms with Gasteiger partial charge in [-0.3, -0.25) is 0 Å². The van der Waals surface area contributed by atoms with Gasteiger partial charge in [-0.05, 0) is 37.8 Å².